The van der Waals surface area contributed by atoms with Crippen molar-refractivity contribution in [3.63, 3.8) is 0 Å². The van der Waals surface area contributed by atoms with Crippen molar-refractivity contribution in [2.75, 3.05) is 20.3 Å². The van der Waals surface area contributed by atoms with Crippen LogP contribution < -0.4 is 5.32 Å². The molecule has 86 valence electrons. The molecule has 0 bridgehead atoms. The number of hydrogen-bond donors (Lipinski definition) is 2. The molecule has 1 aromatic rings. The third-order valence-corrected chi connectivity index (χ3v) is 2.21. The first-order chi connectivity index (χ1) is 7.26. The lowest BCUT2D eigenvalue weighted by molar-refractivity contribution is 0.147. The van der Waals surface area contributed by atoms with Crippen LogP contribution in [0.4, 0.5) is 0 Å². The molecule has 0 saturated carbocycles. The molecule has 2 N–H and O–H groups in total. The number of rotatable bonds is 7. The Balaban J connectivity index is 2.32. The Bertz CT molecular complexity index is 267. The average Bonchev–Trinajstić information content (AvgIpc) is 2.61. The fourth-order valence-electron chi connectivity index (χ4n) is 1.43. The summed E-state index contributed by atoms with van der Waals surface area (Å²) in [6.07, 6.45) is 0.688. The summed E-state index contributed by atoms with van der Waals surface area (Å²) in [5, 5.41) is 12.1. The van der Waals surface area contributed by atoms with Crippen LogP contribution in [-0.2, 0) is 11.3 Å². The van der Waals surface area contributed by atoms with Gasteiger partial charge in [-0.2, -0.15) is 0 Å². The van der Waals surface area contributed by atoms with Crippen LogP contribution in [0.2, 0.25) is 0 Å². The lowest BCUT2D eigenvalue weighted by atomic mass is 10.2. The average molecular weight is 213 g/mol. The smallest absolute Gasteiger partial charge is 0.117 e. The summed E-state index contributed by atoms with van der Waals surface area (Å²) < 4.78 is 10.5. The summed E-state index contributed by atoms with van der Waals surface area (Å²) in [5.74, 6) is 1.82. The number of methoxy groups -OCH3 is 1. The van der Waals surface area contributed by atoms with Crippen LogP contribution in [-0.4, -0.2) is 31.5 Å². The molecule has 0 saturated heterocycles. The predicted octanol–water partition coefficient (Wildman–Crippen LogP) is 1.08. The maximum atomic E-state index is 8.85. The van der Waals surface area contributed by atoms with Gasteiger partial charge >= 0.3 is 0 Å². The Morgan fingerprint density at radius 3 is 2.87 bits per heavy atom. The van der Waals surface area contributed by atoms with E-state index in [9.17, 15) is 0 Å². The highest BCUT2D eigenvalue weighted by Crippen LogP contribution is 2.06. The molecular formula is C11H19NO3. The minimum absolute atomic E-state index is 0.165. The van der Waals surface area contributed by atoms with Crippen molar-refractivity contribution in [3.05, 3.63) is 23.7 Å². The van der Waals surface area contributed by atoms with Gasteiger partial charge in [0.25, 0.3) is 0 Å². The van der Waals surface area contributed by atoms with Crippen LogP contribution in [0.3, 0.4) is 0 Å². The van der Waals surface area contributed by atoms with Crippen molar-refractivity contribution in [2.24, 2.45) is 0 Å². The third kappa shape index (κ3) is 4.46. The van der Waals surface area contributed by atoms with E-state index in [0.29, 0.717) is 19.6 Å². The minimum Gasteiger partial charge on any atom is -0.465 e. The molecule has 1 atom stereocenters. The Hall–Kier alpha value is -0.840. The van der Waals surface area contributed by atoms with Crippen molar-refractivity contribution in [1.82, 2.24) is 5.32 Å². The number of aliphatic hydroxyl groups is 1. The molecule has 15 heavy (non-hydrogen) atoms. The predicted molar refractivity (Wildman–Crippen MR) is 57.7 cm³/mol. The molecule has 0 spiro atoms. The van der Waals surface area contributed by atoms with E-state index in [4.69, 9.17) is 14.3 Å². The van der Waals surface area contributed by atoms with Crippen molar-refractivity contribution in [3.8, 4) is 0 Å². The van der Waals surface area contributed by atoms with Crippen molar-refractivity contribution in [1.29, 1.82) is 0 Å². The molecule has 0 aliphatic rings. The largest absolute Gasteiger partial charge is 0.465 e. The van der Waals surface area contributed by atoms with Gasteiger partial charge in [0.2, 0.25) is 0 Å². The first kappa shape index (κ1) is 12.2. The SMILES string of the molecule is COCC(CCO)NCc1ccc(C)o1. The highest BCUT2D eigenvalue weighted by Gasteiger charge is 2.08. The fourth-order valence-corrected chi connectivity index (χ4v) is 1.43. The molecule has 0 fully saturated rings. The van der Waals surface area contributed by atoms with Crippen LogP contribution in [0.5, 0.6) is 0 Å². The Labute approximate surface area is 90.2 Å². The van der Waals surface area contributed by atoms with Gasteiger partial charge in [0.05, 0.1) is 13.2 Å². The number of aliphatic hydroxyl groups excluding tert-OH is 1. The molecule has 0 radical (unpaired) electrons. The Kier molecular flexibility index (Phi) is 5.39. The zero-order chi connectivity index (χ0) is 11.1. The molecule has 1 rings (SSSR count). The second-order valence-corrected chi connectivity index (χ2v) is 3.56. The minimum atomic E-state index is 0.165. The molecule has 0 aromatic carbocycles. The first-order valence-electron chi connectivity index (χ1n) is 5.14. The van der Waals surface area contributed by atoms with Crippen LogP contribution >= 0.6 is 0 Å². The van der Waals surface area contributed by atoms with E-state index in [1.165, 1.54) is 0 Å². The van der Waals surface area contributed by atoms with E-state index < -0.39 is 0 Å². The van der Waals surface area contributed by atoms with Gasteiger partial charge in [-0.1, -0.05) is 0 Å². The van der Waals surface area contributed by atoms with Gasteiger partial charge in [0, 0.05) is 19.8 Å². The Morgan fingerprint density at radius 2 is 2.33 bits per heavy atom. The second-order valence-electron chi connectivity index (χ2n) is 3.56. The van der Waals surface area contributed by atoms with Crippen LogP contribution in [0, 0.1) is 6.92 Å². The third-order valence-electron chi connectivity index (χ3n) is 2.21. The maximum absolute atomic E-state index is 8.85. The highest BCUT2D eigenvalue weighted by molar-refractivity contribution is 5.05. The molecular weight excluding hydrogens is 194 g/mol. The number of aryl methyl sites for hydroxylation is 1. The van der Waals surface area contributed by atoms with E-state index in [-0.39, 0.29) is 12.6 Å². The molecule has 4 heteroatoms. The van der Waals surface area contributed by atoms with E-state index in [1.807, 2.05) is 19.1 Å². The maximum Gasteiger partial charge on any atom is 0.117 e. The summed E-state index contributed by atoms with van der Waals surface area (Å²) in [6, 6.07) is 4.06. The number of furan rings is 1. The molecule has 0 aliphatic heterocycles. The number of ether oxygens (including phenoxy) is 1. The summed E-state index contributed by atoms with van der Waals surface area (Å²) >= 11 is 0. The van der Waals surface area contributed by atoms with E-state index in [2.05, 4.69) is 5.32 Å². The van der Waals surface area contributed by atoms with Gasteiger partial charge in [-0.05, 0) is 25.5 Å². The summed E-state index contributed by atoms with van der Waals surface area (Å²) in [4.78, 5) is 0. The molecule has 0 amide bonds. The standard InChI is InChI=1S/C11H19NO3/c1-9-3-4-11(15-9)7-12-10(5-6-13)8-14-2/h3-4,10,12-13H,5-8H2,1-2H3. The topological polar surface area (TPSA) is 54.6 Å². The van der Waals surface area contributed by atoms with E-state index in [0.717, 1.165) is 11.5 Å². The van der Waals surface area contributed by atoms with Gasteiger partial charge in [-0.25, -0.2) is 0 Å². The number of nitrogens with one attached hydrogen (secondary N) is 1. The summed E-state index contributed by atoms with van der Waals surface area (Å²) in [7, 11) is 1.66. The van der Waals surface area contributed by atoms with Crippen molar-refractivity contribution >= 4 is 0 Å². The van der Waals surface area contributed by atoms with Crippen molar-refractivity contribution in [2.45, 2.75) is 25.9 Å². The van der Waals surface area contributed by atoms with Gasteiger partial charge in [-0.3, -0.25) is 0 Å². The monoisotopic (exact) mass is 213 g/mol. The molecule has 4 nitrogen and oxygen atoms in total. The zero-order valence-corrected chi connectivity index (χ0v) is 9.32. The molecule has 1 aromatic heterocycles. The molecule has 1 unspecified atom stereocenters. The van der Waals surface area contributed by atoms with Gasteiger partial charge < -0.3 is 19.6 Å². The van der Waals surface area contributed by atoms with E-state index in [1.54, 1.807) is 7.11 Å². The van der Waals surface area contributed by atoms with Crippen LogP contribution in [0.25, 0.3) is 0 Å². The molecule has 0 aliphatic carbocycles. The normalized spacial score (nSPS) is 13.0. The zero-order valence-electron chi connectivity index (χ0n) is 9.32. The number of hydrogen-bond acceptors (Lipinski definition) is 4. The quantitative estimate of drug-likeness (QED) is 0.711. The van der Waals surface area contributed by atoms with Gasteiger partial charge in [-0.15, -0.1) is 0 Å². The lowest BCUT2D eigenvalue weighted by Crippen LogP contribution is -2.33. The van der Waals surface area contributed by atoms with E-state index >= 15 is 0 Å². The lowest BCUT2D eigenvalue weighted by Gasteiger charge is -2.15. The van der Waals surface area contributed by atoms with Gasteiger partial charge in [0.1, 0.15) is 11.5 Å². The second kappa shape index (κ2) is 6.61. The molecule has 1 heterocycles. The van der Waals surface area contributed by atoms with Gasteiger partial charge in [0.15, 0.2) is 0 Å². The first-order valence-corrected chi connectivity index (χ1v) is 5.14. The highest BCUT2D eigenvalue weighted by atomic mass is 16.5. The summed E-state index contributed by atoms with van der Waals surface area (Å²) in [6.45, 7) is 3.35. The van der Waals surface area contributed by atoms with Crippen LogP contribution in [0.1, 0.15) is 17.9 Å². The van der Waals surface area contributed by atoms with Crippen LogP contribution in [0.15, 0.2) is 16.5 Å². The Morgan fingerprint density at radius 1 is 1.53 bits per heavy atom. The summed E-state index contributed by atoms with van der Waals surface area (Å²) in [5.41, 5.74) is 0. The fraction of sp³-hybridized carbons (Fsp3) is 0.636. The van der Waals surface area contributed by atoms with Crippen molar-refractivity contribution < 1.29 is 14.3 Å².